The van der Waals surface area contributed by atoms with Gasteiger partial charge in [0.1, 0.15) is 11.3 Å². The second-order valence-electron chi connectivity index (χ2n) is 5.08. The molecule has 1 aromatic heterocycles. The minimum absolute atomic E-state index is 0.0796. The van der Waals surface area contributed by atoms with Crippen LogP contribution in [0.3, 0.4) is 0 Å². The van der Waals surface area contributed by atoms with Crippen LogP contribution in [0.2, 0.25) is 5.02 Å². The summed E-state index contributed by atoms with van der Waals surface area (Å²) in [7, 11) is 0. The van der Waals surface area contributed by atoms with E-state index in [1.165, 1.54) is 36.4 Å². The Morgan fingerprint density at radius 2 is 1.64 bits per heavy atom. The second kappa shape index (κ2) is 6.66. The van der Waals surface area contributed by atoms with Crippen LogP contribution < -0.4 is 11.2 Å². The smallest absolute Gasteiger partial charge is 0.335 e. The average molecular weight is 358 g/mol. The minimum Gasteiger partial charge on any atom is -0.508 e. The highest BCUT2D eigenvalue weighted by atomic mass is 35.5. The van der Waals surface area contributed by atoms with Crippen molar-refractivity contribution in [1.82, 2.24) is 9.55 Å². The third-order valence-corrected chi connectivity index (χ3v) is 3.65. The van der Waals surface area contributed by atoms with Crippen molar-refractivity contribution in [3.05, 3.63) is 80.0 Å². The molecule has 126 valence electrons. The lowest BCUT2D eigenvalue weighted by Crippen LogP contribution is -2.31. The molecule has 7 nitrogen and oxygen atoms in total. The van der Waals surface area contributed by atoms with Gasteiger partial charge in [0.15, 0.2) is 0 Å². The van der Waals surface area contributed by atoms with Gasteiger partial charge in [0.25, 0.3) is 5.56 Å². The first kappa shape index (κ1) is 16.5. The minimum atomic E-state index is -0.786. The summed E-state index contributed by atoms with van der Waals surface area (Å²) in [5.41, 5.74) is -0.937. The first-order valence-corrected chi connectivity index (χ1v) is 7.51. The molecule has 0 radical (unpaired) electrons. The number of hydrogen-bond acceptors (Lipinski definition) is 5. The van der Waals surface area contributed by atoms with Gasteiger partial charge < -0.3 is 10.2 Å². The number of nitrogens with zero attached hydrogens (tertiary/aromatic N) is 2. The number of rotatable bonds is 3. The first-order chi connectivity index (χ1) is 12.0. The summed E-state index contributed by atoms with van der Waals surface area (Å²) < 4.78 is 0.940. The van der Waals surface area contributed by atoms with Gasteiger partial charge >= 0.3 is 5.69 Å². The molecule has 0 aliphatic carbocycles. The standard InChI is InChI=1S/C17H12ClN3O4/c18-10-1-5-12(6-2-10)21-16(24)14(15(23)20-17(21)25)9-19-11-3-7-13(22)8-4-11/h1-9,22,24H,(H,20,23,25). The van der Waals surface area contributed by atoms with Crippen LogP contribution in [-0.4, -0.2) is 26.0 Å². The summed E-state index contributed by atoms with van der Waals surface area (Å²) in [6.07, 6.45) is 1.15. The molecular weight excluding hydrogens is 346 g/mol. The summed E-state index contributed by atoms with van der Waals surface area (Å²) in [5.74, 6) is -0.463. The van der Waals surface area contributed by atoms with Crippen molar-refractivity contribution in [3.63, 3.8) is 0 Å². The van der Waals surface area contributed by atoms with E-state index in [9.17, 15) is 19.8 Å². The third-order valence-electron chi connectivity index (χ3n) is 3.40. The van der Waals surface area contributed by atoms with Crippen LogP contribution in [-0.2, 0) is 0 Å². The van der Waals surface area contributed by atoms with Crippen molar-refractivity contribution >= 4 is 23.5 Å². The molecule has 0 unspecified atom stereocenters. The van der Waals surface area contributed by atoms with Crippen LogP contribution in [0.1, 0.15) is 5.56 Å². The SMILES string of the molecule is O=c1[nH]c(=O)n(-c2ccc(Cl)cc2)c(O)c1C=Nc1ccc(O)cc1. The number of aromatic amines is 1. The number of phenols is 1. The molecule has 0 aliphatic rings. The fourth-order valence-corrected chi connectivity index (χ4v) is 2.29. The number of nitrogens with one attached hydrogen (secondary N) is 1. The Kier molecular flexibility index (Phi) is 4.40. The number of H-pyrrole nitrogens is 1. The number of hydrogen-bond donors (Lipinski definition) is 3. The Morgan fingerprint density at radius 1 is 1.00 bits per heavy atom. The van der Waals surface area contributed by atoms with Crippen molar-refractivity contribution < 1.29 is 10.2 Å². The molecule has 3 rings (SSSR count). The summed E-state index contributed by atoms with van der Waals surface area (Å²) in [6, 6.07) is 12.1. The van der Waals surface area contributed by atoms with Crippen LogP contribution >= 0.6 is 11.6 Å². The molecule has 3 aromatic rings. The normalized spacial score (nSPS) is 11.1. The summed E-state index contributed by atoms with van der Waals surface area (Å²) in [6.45, 7) is 0. The van der Waals surface area contributed by atoms with E-state index in [-0.39, 0.29) is 11.3 Å². The lowest BCUT2D eigenvalue weighted by atomic mass is 10.2. The van der Waals surface area contributed by atoms with Crippen molar-refractivity contribution in [3.8, 4) is 17.3 Å². The zero-order valence-electron chi connectivity index (χ0n) is 12.7. The fraction of sp³-hybridized carbons (Fsp3) is 0. The number of benzene rings is 2. The molecule has 0 saturated heterocycles. The van der Waals surface area contributed by atoms with E-state index in [0.29, 0.717) is 16.4 Å². The van der Waals surface area contributed by atoms with Crippen LogP contribution in [0.25, 0.3) is 5.69 Å². The number of phenolic OH excluding ortho intramolecular Hbond substituents is 1. The highest BCUT2D eigenvalue weighted by molar-refractivity contribution is 6.30. The van der Waals surface area contributed by atoms with Crippen molar-refractivity contribution in [2.45, 2.75) is 0 Å². The van der Waals surface area contributed by atoms with E-state index in [1.54, 1.807) is 12.1 Å². The Morgan fingerprint density at radius 3 is 2.28 bits per heavy atom. The molecular formula is C17H12ClN3O4. The van der Waals surface area contributed by atoms with Gasteiger partial charge in [-0.3, -0.25) is 14.8 Å². The van der Waals surface area contributed by atoms with Gasteiger partial charge in [-0.05, 0) is 48.5 Å². The maximum absolute atomic E-state index is 12.1. The molecule has 2 aromatic carbocycles. The Hall–Kier alpha value is -3.32. The molecule has 0 aliphatic heterocycles. The predicted molar refractivity (Wildman–Crippen MR) is 94.7 cm³/mol. The van der Waals surface area contributed by atoms with Gasteiger partial charge in [0.2, 0.25) is 5.88 Å². The first-order valence-electron chi connectivity index (χ1n) is 7.13. The molecule has 0 atom stereocenters. The zero-order valence-corrected chi connectivity index (χ0v) is 13.4. The summed E-state index contributed by atoms with van der Waals surface area (Å²) in [4.78, 5) is 30.2. The van der Waals surface area contributed by atoms with E-state index < -0.39 is 17.1 Å². The summed E-state index contributed by atoms with van der Waals surface area (Å²) in [5, 5.41) is 20.1. The number of aromatic nitrogens is 2. The molecule has 0 fully saturated rings. The van der Waals surface area contributed by atoms with Crippen LogP contribution in [0.15, 0.2) is 63.1 Å². The van der Waals surface area contributed by atoms with Gasteiger partial charge in [-0.1, -0.05) is 11.6 Å². The fourth-order valence-electron chi connectivity index (χ4n) is 2.16. The van der Waals surface area contributed by atoms with Gasteiger partial charge in [-0.15, -0.1) is 0 Å². The molecule has 1 heterocycles. The van der Waals surface area contributed by atoms with E-state index in [4.69, 9.17) is 11.6 Å². The van der Waals surface area contributed by atoms with E-state index in [0.717, 1.165) is 10.8 Å². The molecule has 0 saturated carbocycles. The van der Waals surface area contributed by atoms with E-state index in [1.807, 2.05) is 0 Å². The van der Waals surface area contributed by atoms with Crippen molar-refractivity contribution in [2.24, 2.45) is 4.99 Å². The lowest BCUT2D eigenvalue weighted by molar-refractivity contribution is 0.430. The molecule has 0 amide bonds. The molecule has 8 heteroatoms. The van der Waals surface area contributed by atoms with E-state index >= 15 is 0 Å². The number of aliphatic imine (C=N–C) groups is 1. The third kappa shape index (κ3) is 3.46. The maximum Gasteiger partial charge on any atom is 0.335 e. The monoisotopic (exact) mass is 357 g/mol. The Balaban J connectivity index is 2.10. The molecule has 0 spiro atoms. The van der Waals surface area contributed by atoms with Crippen LogP contribution in [0, 0.1) is 0 Å². The Bertz CT molecular complexity index is 1050. The predicted octanol–water partition coefficient (Wildman–Crippen LogP) is 2.34. The quantitative estimate of drug-likeness (QED) is 0.625. The molecule has 3 N–H and O–H groups in total. The maximum atomic E-state index is 12.1. The van der Waals surface area contributed by atoms with Gasteiger partial charge in [0, 0.05) is 11.2 Å². The van der Waals surface area contributed by atoms with Crippen LogP contribution in [0.4, 0.5) is 5.69 Å². The highest BCUT2D eigenvalue weighted by Crippen LogP contribution is 2.19. The number of aromatic hydroxyl groups is 2. The largest absolute Gasteiger partial charge is 0.508 e. The average Bonchev–Trinajstić information content (AvgIpc) is 2.57. The molecule has 0 bridgehead atoms. The van der Waals surface area contributed by atoms with Crippen molar-refractivity contribution in [2.75, 3.05) is 0 Å². The topological polar surface area (TPSA) is 108 Å². The zero-order chi connectivity index (χ0) is 18.0. The van der Waals surface area contributed by atoms with Crippen LogP contribution in [0.5, 0.6) is 11.6 Å². The van der Waals surface area contributed by atoms with Gasteiger partial charge in [0.05, 0.1) is 11.4 Å². The number of halogens is 1. The molecule has 25 heavy (non-hydrogen) atoms. The lowest BCUT2D eigenvalue weighted by Gasteiger charge is -2.09. The van der Waals surface area contributed by atoms with Crippen molar-refractivity contribution in [1.29, 1.82) is 0 Å². The second-order valence-corrected chi connectivity index (χ2v) is 5.52. The Labute approximate surface area is 146 Å². The summed E-state index contributed by atoms with van der Waals surface area (Å²) >= 11 is 5.82. The van der Waals surface area contributed by atoms with E-state index in [2.05, 4.69) is 9.98 Å². The van der Waals surface area contributed by atoms with Gasteiger partial charge in [-0.25, -0.2) is 9.36 Å². The van der Waals surface area contributed by atoms with Gasteiger partial charge in [-0.2, -0.15) is 0 Å². The highest BCUT2D eigenvalue weighted by Gasteiger charge is 2.14.